The summed E-state index contributed by atoms with van der Waals surface area (Å²) in [6.45, 7) is 0. The SMILES string of the molecule is CN(C)[C@@H]1CCCC[C@@H]1c1ccccc1. The maximum Gasteiger partial charge on any atom is 0.0158 e. The summed E-state index contributed by atoms with van der Waals surface area (Å²) in [5.74, 6) is 0.745. The summed E-state index contributed by atoms with van der Waals surface area (Å²) in [5, 5.41) is 0. The Hall–Kier alpha value is -0.820. The van der Waals surface area contributed by atoms with Crippen LogP contribution in [0.15, 0.2) is 30.3 Å². The fraction of sp³-hybridized carbons (Fsp3) is 0.571. The van der Waals surface area contributed by atoms with E-state index in [2.05, 4.69) is 49.3 Å². The molecule has 0 radical (unpaired) electrons. The lowest BCUT2D eigenvalue weighted by Gasteiger charge is -2.36. The molecular formula is C14H21N. The number of benzene rings is 1. The van der Waals surface area contributed by atoms with E-state index >= 15 is 0 Å². The molecule has 1 fully saturated rings. The second-order valence-electron chi connectivity index (χ2n) is 4.83. The largest absolute Gasteiger partial charge is 0.306 e. The van der Waals surface area contributed by atoms with Gasteiger partial charge in [0.05, 0.1) is 0 Å². The van der Waals surface area contributed by atoms with Crippen molar-refractivity contribution in [2.45, 2.75) is 37.6 Å². The molecular weight excluding hydrogens is 182 g/mol. The first-order valence-corrected chi connectivity index (χ1v) is 6.00. The minimum absolute atomic E-state index is 0.737. The van der Waals surface area contributed by atoms with Crippen molar-refractivity contribution in [1.29, 1.82) is 0 Å². The van der Waals surface area contributed by atoms with E-state index in [4.69, 9.17) is 0 Å². The van der Waals surface area contributed by atoms with Gasteiger partial charge in [0, 0.05) is 6.04 Å². The lowest BCUT2D eigenvalue weighted by Crippen LogP contribution is -2.36. The highest BCUT2D eigenvalue weighted by Gasteiger charge is 2.27. The average molecular weight is 203 g/mol. The summed E-state index contributed by atoms with van der Waals surface area (Å²) in [6, 6.07) is 11.7. The van der Waals surface area contributed by atoms with Crippen LogP contribution in [0.1, 0.15) is 37.2 Å². The maximum atomic E-state index is 2.40. The first-order chi connectivity index (χ1) is 7.29. The van der Waals surface area contributed by atoms with Crippen molar-refractivity contribution in [3.05, 3.63) is 35.9 Å². The number of nitrogens with zero attached hydrogens (tertiary/aromatic N) is 1. The number of likely N-dealkylation sites (N-methyl/N-ethyl adjacent to an activating group) is 1. The molecule has 0 heterocycles. The van der Waals surface area contributed by atoms with Gasteiger partial charge in [0.1, 0.15) is 0 Å². The molecule has 1 aliphatic rings. The standard InChI is InChI=1S/C14H21N/c1-15(2)14-11-7-6-10-13(14)12-8-4-3-5-9-12/h3-5,8-9,13-14H,6-7,10-11H2,1-2H3/t13-,14-/m1/s1. The van der Waals surface area contributed by atoms with E-state index < -0.39 is 0 Å². The molecule has 1 heteroatoms. The first kappa shape index (κ1) is 10.7. The summed E-state index contributed by atoms with van der Waals surface area (Å²) in [4.78, 5) is 2.40. The van der Waals surface area contributed by atoms with E-state index in [1.807, 2.05) is 0 Å². The Morgan fingerprint density at radius 2 is 1.67 bits per heavy atom. The van der Waals surface area contributed by atoms with Crippen molar-refractivity contribution >= 4 is 0 Å². The van der Waals surface area contributed by atoms with E-state index in [1.54, 1.807) is 0 Å². The zero-order valence-corrected chi connectivity index (χ0v) is 9.82. The van der Waals surface area contributed by atoms with Crippen LogP contribution in [-0.4, -0.2) is 25.0 Å². The minimum Gasteiger partial charge on any atom is -0.306 e. The molecule has 0 amide bonds. The van der Waals surface area contributed by atoms with Crippen LogP contribution in [0.3, 0.4) is 0 Å². The monoisotopic (exact) mass is 203 g/mol. The van der Waals surface area contributed by atoms with Gasteiger partial charge < -0.3 is 4.90 Å². The van der Waals surface area contributed by atoms with Crippen LogP contribution in [-0.2, 0) is 0 Å². The molecule has 82 valence electrons. The van der Waals surface area contributed by atoms with Gasteiger partial charge in [0.2, 0.25) is 0 Å². The summed E-state index contributed by atoms with van der Waals surface area (Å²) >= 11 is 0. The molecule has 2 atom stereocenters. The minimum atomic E-state index is 0.737. The van der Waals surface area contributed by atoms with Crippen molar-refractivity contribution < 1.29 is 0 Å². The Labute approximate surface area is 93.1 Å². The molecule has 0 spiro atoms. The molecule has 0 aromatic heterocycles. The van der Waals surface area contributed by atoms with Crippen molar-refractivity contribution in [3.8, 4) is 0 Å². The number of hydrogen-bond acceptors (Lipinski definition) is 1. The quantitative estimate of drug-likeness (QED) is 0.713. The third-order valence-corrected chi connectivity index (χ3v) is 3.62. The first-order valence-electron chi connectivity index (χ1n) is 6.00. The van der Waals surface area contributed by atoms with Gasteiger partial charge in [0.25, 0.3) is 0 Å². The van der Waals surface area contributed by atoms with Crippen LogP contribution < -0.4 is 0 Å². The molecule has 1 nitrogen and oxygen atoms in total. The average Bonchev–Trinajstić information content (AvgIpc) is 2.30. The van der Waals surface area contributed by atoms with Crippen LogP contribution in [0, 0.1) is 0 Å². The third kappa shape index (κ3) is 2.40. The predicted molar refractivity (Wildman–Crippen MR) is 65.1 cm³/mol. The Morgan fingerprint density at radius 1 is 1.00 bits per heavy atom. The number of hydrogen-bond donors (Lipinski definition) is 0. The van der Waals surface area contributed by atoms with Gasteiger partial charge in [-0.3, -0.25) is 0 Å². The van der Waals surface area contributed by atoms with E-state index in [9.17, 15) is 0 Å². The fourth-order valence-electron chi connectivity index (χ4n) is 2.82. The Bertz CT molecular complexity index is 291. The molecule has 0 bridgehead atoms. The molecule has 0 saturated heterocycles. The van der Waals surface area contributed by atoms with Gasteiger partial charge in [-0.2, -0.15) is 0 Å². The van der Waals surface area contributed by atoms with E-state index in [0.29, 0.717) is 0 Å². The lowest BCUT2D eigenvalue weighted by atomic mass is 9.79. The van der Waals surface area contributed by atoms with Gasteiger partial charge in [-0.05, 0) is 38.4 Å². The molecule has 0 N–H and O–H groups in total. The molecule has 1 aromatic carbocycles. The van der Waals surface area contributed by atoms with Crippen molar-refractivity contribution in [3.63, 3.8) is 0 Å². The predicted octanol–water partition coefficient (Wildman–Crippen LogP) is 3.27. The molecule has 1 aromatic rings. The highest BCUT2D eigenvalue weighted by Crippen LogP contribution is 2.34. The van der Waals surface area contributed by atoms with Gasteiger partial charge >= 0.3 is 0 Å². The van der Waals surface area contributed by atoms with E-state index in [1.165, 1.54) is 31.2 Å². The zero-order chi connectivity index (χ0) is 10.7. The molecule has 0 aliphatic heterocycles. The zero-order valence-electron chi connectivity index (χ0n) is 9.82. The van der Waals surface area contributed by atoms with Gasteiger partial charge in [-0.15, -0.1) is 0 Å². The second-order valence-corrected chi connectivity index (χ2v) is 4.83. The van der Waals surface area contributed by atoms with Crippen LogP contribution in [0.4, 0.5) is 0 Å². The van der Waals surface area contributed by atoms with Crippen molar-refractivity contribution in [2.75, 3.05) is 14.1 Å². The van der Waals surface area contributed by atoms with Crippen molar-refractivity contribution in [1.82, 2.24) is 4.90 Å². The summed E-state index contributed by atoms with van der Waals surface area (Å²) in [5.41, 5.74) is 1.52. The second kappa shape index (κ2) is 4.80. The molecule has 1 aliphatic carbocycles. The Morgan fingerprint density at radius 3 is 2.33 bits per heavy atom. The van der Waals surface area contributed by atoms with E-state index in [-0.39, 0.29) is 0 Å². The normalized spacial score (nSPS) is 26.9. The summed E-state index contributed by atoms with van der Waals surface area (Å²) in [6.07, 6.45) is 5.50. The highest BCUT2D eigenvalue weighted by molar-refractivity contribution is 5.21. The lowest BCUT2D eigenvalue weighted by molar-refractivity contribution is 0.199. The van der Waals surface area contributed by atoms with Gasteiger partial charge in [-0.25, -0.2) is 0 Å². The summed E-state index contributed by atoms with van der Waals surface area (Å²) < 4.78 is 0. The van der Waals surface area contributed by atoms with Gasteiger partial charge in [-0.1, -0.05) is 43.2 Å². The molecule has 15 heavy (non-hydrogen) atoms. The fourth-order valence-corrected chi connectivity index (χ4v) is 2.82. The Kier molecular flexibility index (Phi) is 3.42. The van der Waals surface area contributed by atoms with Crippen LogP contribution in [0.2, 0.25) is 0 Å². The third-order valence-electron chi connectivity index (χ3n) is 3.62. The molecule has 1 saturated carbocycles. The van der Waals surface area contributed by atoms with Crippen LogP contribution >= 0.6 is 0 Å². The number of rotatable bonds is 2. The topological polar surface area (TPSA) is 3.24 Å². The molecule has 0 unspecified atom stereocenters. The summed E-state index contributed by atoms with van der Waals surface area (Å²) in [7, 11) is 4.43. The highest BCUT2D eigenvalue weighted by atomic mass is 15.1. The van der Waals surface area contributed by atoms with E-state index in [0.717, 1.165) is 12.0 Å². The molecule has 2 rings (SSSR count). The smallest absolute Gasteiger partial charge is 0.0158 e. The van der Waals surface area contributed by atoms with Crippen molar-refractivity contribution in [2.24, 2.45) is 0 Å². The Balaban J connectivity index is 2.18. The van der Waals surface area contributed by atoms with Gasteiger partial charge in [0.15, 0.2) is 0 Å². The van der Waals surface area contributed by atoms with Crippen LogP contribution in [0.25, 0.3) is 0 Å². The maximum absolute atomic E-state index is 2.40. The van der Waals surface area contributed by atoms with Crippen LogP contribution in [0.5, 0.6) is 0 Å².